The summed E-state index contributed by atoms with van der Waals surface area (Å²) in [6.07, 6.45) is 3.23. The summed E-state index contributed by atoms with van der Waals surface area (Å²) >= 11 is 0. The van der Waals surface area contributed by atoms with E-state index < -0.39 is 0 Å². The van der Waals surface area contributed by atoms with Gasteiger partial charge >= 0.3 is 0 Å². The molecule has 1 amide bonds. The maximum atomic E-state index is 13.0. The first-order valence-electron chi connectivity index (χ1n) is 9.57. The van der Waals surface area contributed by atoms with Gasteiger partial charge in [-0.25, -0.2) is 4.39 Å². The van der Waals surface area contributed by atoms with Gasteiger partial charge in [0, 0.05) is 11.1 Å². The van der Waals surface area contributed by atoms with E-state index in [1.807, 2.05) is 30.3 Å². The molecular formula is C24H21FN2O2. The Balaban J connectivity index is 1.35. The lowest BCUT2D eigenvalue weighted by atomic mass is 10.1. The summed E-state index contributed by atoms with van der Waals surface area (Å²) in [4.78, 5) is 16.6. The fraction of sp³-hybridized carbons (Fsp3) is 0.167. The molecule has 1 aromatic heterocycles. The number of rotatable bonds is 7. The van der Waals surface area contributed by atoms with Crippen LogP contribution in [0.5, 0.6) is 0 Å². The zero-order valence-corrected chi connectivity index (χ0v) is 15.9. The highest BCUT2D eigenvalue weighted by molar-refractivity contribution is 5.94. The quantitative estimate of drug-likeness (QED) is 0.587. The molecule has 0 spiro atoms. The largest absolute Gasteiger partial charge is 0.491 e. The fourth-order valence-corrected chi connectivity index (χ4v) is 2.97. The van der Waals surface area contributed by atoms with Crippen molar-refractivity contribution in [3.05, 3.63) is 101 Å². The van der Waals surface area contributed by atoms with E-state index in [0.717, 1.165) is 29.7 Å². The third kappa shape index (κ3) is 5.08. The molecule has 0 atom stereocenters. The van der Waals surface area contributed by atoms with E-state index in [9.17, 15) is 9.18 Å². The Morgan fingerprint density at radius 2 is 1.76 bits per heavy atom. The van der Waals surface area contributed by atoms with Crippen LogP contribution in [0.2, 0.25) is 0 Å². The zero-order valence-electron chi connectivity index (χ0n) is 15.9. The van der Waals surface area contributed by atoms with Crippen molar-refractivity contribution in [3.8, 4) is 11.3 Å². The van der Waals surface area contributed by atoms with Crippen molar-refractivity contribution in [2.75, 3.05) is 6.54 Å². The topological polar surface area (TPSA) is 51.2 Å². The summed E-state index contributed by atoms with van der Waals surface area (Å²) in [5.41, 5.74) is 4.41. The summed E-state index contributed by atoms with van der Waals surface area (Å²) < 4.78 is 19.0. The normalized spacial score (nSPS) is 12.4. The highest BCUT2D eigenvalue weighted by atomic mass is 19.1. The molecule has 4 nitrogen and oxygen atoms in total. The predicted octanol–water partition coefficient (Wildman–Crippen LogP) is 4.88. The molecule has 1 N–H and O–H groups in total. The SMILES string of the molecule is O=C(NCC(OCc1ccccc1)=C1CC1)c1ccc(-c2ccc(F)cn2)cc1. The van der Waals surface area contributed by atoms with Crippen LogP contribution in [0.3, 0.4) is 0 Å². The highest BCUT2D eigenvalue weighted by Gasteiger charge is 2.20. The Morgan fingerprint density at radius 1 is 1.00 bits per heavy atom. The number of pyridine rings is 1. The van der Waals surface area contributed by atoms with Crippen LogP contribution < -0.4 is 5.32 Å². The van der Waals surface area contributed by atoms with Gasteiger partial charge in [-0.1, -0.05) is 42.5 Å². The second-order valence-electron chi connectivity index (χ2n) is 6.92. The molecule has 3 aromatic rings. The van der Waals surface area contributed by atoms with Gasteiger partial charge in [0.1, 0.15) is 18.2 Å². The monoisotopic (exact) mass is 388 g/mol. The van der Waals surface area contributed by atoms with E-state index in [4.69, 9.17) is 4.74 Å². The molecule has 0 bridgehead atoms. The van der Waals surface area contributed by atoms with Crippen molar-refractivity contribution in [1.29, 1.82) is 0 Å². The van der Waals surface area contributed by atoms with Crippen LogP contribution in [0.15, 0.2) is 84.3 Å². The van der Waals surface area contributed by atoms with Gasteiger partial charge in [-0.05, 0) is 48.2 Å². The van der Waals surface area contributed by atoms with Crippen LogP contribution in [0.1, 0.15) is 28.8 Å². The maximum absolute atomic E-state index is 13.0. The van der Waals surface area contributed by atoms with Gasteiger partial charge < -0.3 is 10.1 Å². The number of nitrogens with one attached hydrogen (secondary N) is 1. The van der Waals surface area contributed by atoms with Crippen molar-refractivity contribution >= 4 is 5.91 Å². The van der Waals surface area contributed by atoms with Crippen LogP contribution in [0.25, 0.3) is 11.3 Å². The number of aromatic nitrogens is 1. The summed E-state index contributed by atoms with van der Waals surface area (Å²) in [5, 5.41) is 2.94. The van der Waals surface area contributed by atoms with Gasteiger partial charge in [0.15, 0.2) is 0 Å². The molecule has 1 saturated carbocycles. The van der Waals surface area contributed by atoms with Crippen LogP contribution in [0, 0.1) is 5.82 Å². The Labute approximate surface area is 169 Å². The molecule has 0 radical (unpaired) electrons. The molecule has 1 fully saturated rings. The second kappa shape index (κ2) is 8.69. The number of benzene rings is 2. The summed E-state index contributed by atoms with van der Waals surface area (Å²) in [6.45, 7) is 0.872. The third-order valence-corrected chi connectivity index (χ3v) is 4.73. The van der Waals surface area contributed by atoms with Gasteiger partial charge in [-0.15, -0.1) is 0 Å². The number of carbonyl (C=O) groups is 1. The zero-order chi connectivity index (χ0) is 20.1. The van der Waals surface area contributed by atoms with E-state index in [0.29, 0.717) is 24.4 Å². The lowest BCUT2D eigenvalue weighted by molar-refractivity contribution is 0.0944. The molecular weight excluding hydrogens is 367 g/mol. The van der Waals surface area contributed by atoms with E-state index in [1.165, 1.54) is 17.8 Å². The minimum Gasteiger partial charge on any atom is -0.491 e. The van der Waals surface area contributed by atoms with E-state index >= 15 is 0 Å². The van der Waals surface area contributed by atoms with Gasteiger partial charge in [-0.3, -0.25) is 9.78 Å². The minimum absolute atomic E-state index is 0.161. The Hall–Kier alpha value is -3.47. The maximum Gasteiger partial charge on any atom is 0.251 e. The van der Waals surface area contributed by atoms with Crippen LogP contribution in [-0.4, -0.2) is 17.4 Å². The van der Waals surface area contributed by atoms with Crippen LogP contribution in [0.4, 0.5) is 4.39 Å². The lowest BCUT2D eigenvalue weighted by Gasteiger charge is -2.12. The number of halogens is 1. The number of allylic oxidation sites excluding steroid dienone is 1. The van der Waals surface area contributed by atoms with Crippen molar-refractivity contribution in [1.82, 2.24) is 10.3 Å². The van der Waals surface area contributed by atoms with Crippen LogP contribution in [-0.2, 0) is 11.3 Å². The van der Waals surface area contributed by atoms with Gasteiger partial charge in [0.2, 0.25) is 0 Å². The number of ether oxygens (including phenoxy) is 1. The number of hydrogen-bond acceptors (Lipinski definition) is 3. The first-order chi connectivity index (χ1) is 14.2. The summed E-state index contributed by atoms with van der Waals surface area (Å²) in [7, 11) is 0. The Bertz CT molecular complexity index is 1010. The molecule has 0 unspecified atom stereocenters. The molecule has 1 aliphatic carbocycles. The lowest BCUT2D eigenvalue weighted by Crippen LogP contribution is -2.26. The smallest absolute Gasteiger partial charge is 0.251 e. The molecule has 1 aliphatic rings. The molecule has 2 aromatic carbocycles. The standard InChI is InChI=1S/C24H21FN2O2/c25-21-12-13-22(26-14-21)18-6-10-20(11-7-18)24(28)27-15-23(19-8-9-19)29-16-17-4-2-1-3-5-17/h1-7,10-14H,8-9,15-16H2,(H,27,28). The molecule has 0 saturated heterocycles. The van der Waals surface area contributed by atoms with Gasteiger partial charge in [0.25, 0.3) is 5.91 Å². The summed E-state index contributed by atoms with van der Waals surface area (Å²) in [5.74, 6) is 0.319. The average Bonchev–Trinajstić information content (AvgIpc) is 3.60. The van der Waals surface area contributed by atoms with E-state index in [2.05, 4.69) is 10.3 Å². The summed E-state index contributed by atoms with van der Waals surface area (Å²) in [6, 6.07) is 20.1. The molecule has 4 rings (SSSR count). The van der Waals surface area contributed by atoms with E-state index in [1.54, 1.807) is 30.3 Å². The van der Waals surface area contributed by atoms with Crippen molar-refractivity contribution < 1.29 is 13.9 Å². The van der Waals surface area contributed by atoms with Crippen molar-refractivity contribution in [3.63, 3.8) is 0 Å². The second-order valence-corrected chi connectivity index (χ2v) is 6.92. The van der Waals surface area contributed by atoms with Crippen molar-refractivity contribution in [2.45, 2.75) is 19.4 Å². The number of nitrogens with zero attached hydrogens (tertiary/aromatic N) is 1. The average molecular weight is 388 g/mol. The number of amides is 1. The van der Waals surface area contributed by atoms with Crippen LogP contribution >= 0.6 is 0 Å². The number of carbonyl (C=O) groups excluding carboxylic acids is 1. The Kier molecular flexibility index (Phi) is 5.66. The van der Waals surface area contributed by atoms with Gasteiger partial charge in [0.05, 0.1) is 18.4 Å². The van der Waals surface area contributed by atoms with Crippen molar-refractivity contribution in [2.24, 2.45) is 0 Å². The minimum atomic E-state index is -0.375. The van der Waals surface area contributed by atoms with Gasteiger partial charge in [-0.2, -0.15) is 0 Å². The molecule has 29 heavy (non-hydrogen) atoms. The first-order valence-corrected chi connectivity index (χ1v) is 9.57. The molecule has 1 heterocycles. The van der Waals surface area contributed by atoms with E-state index in [-0.39, 0.29) is 11.7 Å². The highest BCUT2D eigenvalue weighted by Crippen LogP contribution is 2.32. The molecule has 146 valence electrons. The molecule has 5 heteroatoms. The third-order valence-electron chi connectivity index (χ3n) is 4.73. The Morgan fingerprint density at radius 3 is 2.41 bits per heavy atom. The fourth-order valence-electron chi connectivity index (χ4n) is 2.97. The first kappa shape index (κ1) is 18.9. The molecule has 0 aliphatic heterocycles. The number of hydrogen-bond donors (Lipinski definition) is 1. The predicted molar refractivity (Wildman–Crippen MR) is 109 cm³/mol.